The van der Waals surface area contributed by atoms with Crippen LogP contribution in [-0.2, 0) is 5.41 Å². The minimum Gasteiger partial charge on any atom is -0.228 e. The third-order valence-corrected chi connectivity index (χ3v) is 11.1. The van der Waals surface area contributed by atoms with Gasteiger partial charge in [0.05, 0.1) is 11.4 Å². The third kappa shape index (κ3) is 5.18. The van der Waals surface area contributed by atoms with Crippen molar-refractivity contribution in [2.45, 2.75) is 19.3 Å². The minimum atomic E-state index is -0.0243. The van der Waals surface area contributed by atoms with E-state index in [1.807, 2.05) is 6.07 Å². The topological polar surface area (TPSA) is 25.8 Å². The van der Waals surface area contributed by atoms with Crippen LogP contribution in [0.2, 0.25) is 0 Å². The zero-order valence-electron chi connectivity index (χ0n) is 29.7. The van der Waals surface area contributed by atoms with Crippen molar-refractivity contribution >= 4 is 21.5 Å². The molecule has 0 saturated heterocycles. The molecule has 0 fully saturated rings. The standard InChI is InChI=1S/C51H36N2/c1-51(2)46-24-14-13-23-42(46)44-30-36(25-28-47(44)51)39-26-27-43(41-22-12-11-21-40(39)41)48-32-49(53-50(52-48)34-17-7-4-8-18-34)45-31-37(33-15-5-3-6-16-33)29-35-19-9-10-20-38(35)45/h3-32H,1-2H3. The van der Waals surface area contributed by atoms with E-state index in [-0.39, 0.29) is 5.41 Å². The molecule has 0 unspecified atom stereocenters. The van der Waals surface area contributed by atoms with Gasteiger partial charge in [0.2, 0.25) is 0 Å². The Morgan fingerprint density at radius 1 is 0.340 bits per heavy atom. The van der Waals surface area contributed by atoms with Crippen molar-refractivity contribution in [3.05, 3.63) is 193 Å². The lowest BCUT2D eigenvalue weighted by Gasteiger charge is -2.21. The second-order valence-corrected chi connectivity index (χ2v) is 14.6. The Kier molecular flexibility index (Phi) is 7.19. The molecule has 10 rings (SSSR count). The van der Waals surface area contributed by atoms with Crippen LogP contribution in [-0.4, -0.2) is 9.97 Å². The summed E-state index contributed by atoms with van der Waals surface area (Å²) in [6, 6.07) is 65.4. The number of aromatic nitrogens is 2. The highest BCUT2D eigenvalue weighted by Gasteiger charge is 2.35. The summed E-state index contributed by atoms with van der Waals surface area (Å²) in [6.07, 6.45) is 0. The van der Waals surface area contributed by atoms with E-state index in [2.05, 4.69) is 190 Å². The first-order valence-corrected chi connectivity index (χ1v) is 18.3. The highest BCUT2D eigenvalue weighted by atomic mass is 14.9. The molecular weight excluding hydrogens is 641 g/mol. The maximum Gasteiger partial charge on any atom is 0.160 e. The fourth-order valence-electron chi connectivity index (χ4n) is 8.42. The smallest absolute Gasteiger partial charge is 0.160 e. The van der Waals surface area contributed by atoms with E-state index in [1.165, 1.54) is 49.7 Å². The van der Waals surface area contributed by atoms with Crippen LogP contribution in [0.25, 0.3) is 88.8 Å². The quantitative estimate of drug-likeness (QED) is 0.181. The predicted molar refractivity (Wildman–Crippen MR) is 222 cm³/mol. The third-order valence-electron chi connectivity index (χ3n) is 11.1. The average Bonchev–Trinajstić information content (AvgIpc) is 3.45. The molecule has 1 heterocycles. The van der Waals surface area contributed by atoms with Crippen molar-refractivity contribution < 1.29 is 0 Å². The molecule has 0 radical (unpaired) electrons. The van der Waals surface area contributed by atoms with Crippen molar-refractivity contribution in [2.75, 3.05) is 0 Å². The number of nitrogens with zero attached hydrogens (tertiary/aromatic N) is 2. The van der Waals surface area contributed by atoms with E-state index in [0.717, 1.165) is 44.4 Å². The highest BCUT2D eigenvalue weighted by Crippen LogP contribution is 2.50. The summed E-state index contributed by atoms with van der Waals surface area (Å²) in [4.78, 5) is 10.6. The van der Waals surface area contributed by atoms with Gasteiger partial charge in [0.1, 0.15) is 0 Å². The lowest BCUT2D eigenvalue weighted by molar-refractivity contribution is 0.660. The Bertz CT molecular complexity index is 2850. The fraction of sp³-hybridized carbons (Fsp3) is 0.0588. The first-order chi connectivity index (χ1) is 26.0. The molecule has 0 amide bonds. The van der Waals surface area contributed by atoms with Crippen molar-refractivity contribution in [1.29, 1.82) is 0 Å². The Balaban J connectivity index is 1.18. The molecule has 1 aliphatic carbocycles. The molecule has 1 aliphatic rings. The first-order valence-electron chi connectivity index (χ1n) is 18.3. The summed E-state index contributed by atoms with van der Waals surface area (Å²) < 4.78 is 0. The lowest BCUT2D eigenvalue weighted by Crippen LogP contribution is -2.14. The van der Waals surface area contributed by atoms with E-state index >= 15 is 0 Å². The van der Waals surface area contributed by atoms with Crippen molar-refractivity contribution in [1.82, 2.24) is 9.97 Å². The predicted octanol–water partition coefficient (Wildman–Crippen LogP) is 13.4. The van der Waals surface area contributed by atoms with Gasteiger partial charge >= 0.3 is 0 Å². The largest absolute Gasteiger partial charge is 0.228 e. The summed E-state index contributed by atoms with van der Waals surface area (Å²) in [7, 11) is 0. The van der Waals surface area contributed by atoms with E-state index in [1.54, 1.807) is 0 Å². The van der Waals surface area contributed by atoms with Gasteiger partial charge in [-0.05, 0) is 90.3 Å². The molecule has 8 aromatic carbocycles. The van der Waals surface area contributed by atoms with Crippen molar-refractivity contribution in [3.8, 4) is 67.3 Å². The van der Waals surface area contributed by atoms with Crippen LogP contribution < -0.4 is 0 Å². The molecular formula is C51H36N2. The molecule has 2 nitrogen and oxygen atoms in total. The van der Waals surface area contributed by atoms with E-state index < -0.39 is 0 Å². The van der Waals surface area contributed by atoms with Gasteiger partial charge in [-0.15, -0.1) is 0 Å². The molecule has 0 saturated carbocycles. The van der Waals surface area contributed by atoms with E-state index in [4.69, 9.17) is 9.97 Å². The van der Waals surface area contributed by atoms with Crippen LogP contribution in [0.3, 0.4) is 0 Å². The van der Waals surface area contributed by atoms with Crippen LogP contribution in [0, 0.1) is 0 Å². The summed E-state index contributed by atoms with van der Waals surface area (Å²) in [5.74, 6) is 0.709. The average molecular weight is 677 g/mol. The monoisotopic (exact) mass is 676 g/mol. The molecule has 53 heavy (non-hydrogen) atoms. The number of hydrogen-bond acceptors (Lipinski definition) is 2. The van der Waals surface area contributed by atoms with E-state index in [9.17, 15) is 0 Å². The Morgan fingerprint density at radius 3 is 1.68 bits per heavy atom. The highest BCUT2D eigenvalue weighted by molar-refractivity contribution is 6.06. The van der Waals surface area contributed by atoms with Gasteiger partial charge in [0.25, 0.3) is 0 Å². The summed E-state index contributed by atoms with van der Waals surface area (Å²) >= 11 is 0. The first kappa shape index (κ1) is 31.1. The summed E-state index contributed by atoms with van der Waals surface area (Å²) in [5, 5.41) is 4.71. The SMILES string of the molecule is CC1(C)c2ccccc2-c2cc(-c3ccc(-c4cc(-c5cc(-c6ccccc6)cc6ccccc56)nc(-c5ccccc5)n4)c4ccccc34)ccc21. The molecule has 250 valence electrons. The number of benzene rings is 8. The fourth-order valence-corrected chi connectivity index (χ4v) is 8.42. The van der Waals surface area contributed by atoms with Gasteiger partial charge in [0, 0.05) is 22.1 Å². The number of rotatable bonds is 5. The molecule has 0 bridgehead atoms. The zero-order valence-corrected chi connectivity index (χ0v) is 29.7. The van der Waals surface area contributed by atoms with Crippen molar-refractivity contribution in [2.24, 2.45) is 0 Å². The van der Waals surface area contributed by atoms with Crippen LogP contribution in [0.1, 0.15) is 25.0 Å². The molecule has 1 aromatic heterocycles. The van der Waals surface area contributed by atoms with Gasteiger partial charge < -0.3 is 0 Å². The van der Waals surface area contributed by atoms with Gasteiger partial charge in [-0.25, -0.2) is 9.97 Å². The molecule has 0 spiro atoms. The number of fused-ring (bicyclic) bond motifs is 5. The molecule has 0 aliphatic heterocycles. The lowest BCUT2D eigenvalue weighted by atomic mass is 9.82. The summed E-state index contributed by atoms with van der Waals surface area (Å²) in [6.45, 7) is 4.67. The molecule has 9 aromatic rings. The van der Waals surface area contributed by atoms with Gasteiger partial charge in [-0.2, -0.15) is 0 Å². The Labute approximate surface area is 310 Å². The van der Waals surface area contributed by atoms with E-state index in [0.29, 0.717) is 5.82 Å². The minimum absolute atomic E-state index is 0.0243. The van der Waals surface area contributed by atoms with Gasteiger partial charge in [0.15, 0.2) is 5.82 Å². The molecule has 0 N–H and O–H groups in total. The van der Waals surface area contributed by atoms with Gasteiger partial charge in [-0.3, -0.25) is 0 Å². The summed E-state index contributed by atoms with van der Waals surface area (Å²) in [5.41, 5.74) is 15.1. The Hall–Kier alpha value is -6.64. The zero-order chi connectivity index (χ0) is 35.5. The van der Waals surface area contributed by atoms with Crippen LogP contribution in [0.4, 0.5) is 0 Å². The van der Waals surface area contributed by atoms with Crippen molar-refractivity contribution in [3.63, 3.8) is 0 Å². The second kappa shape index (κ2) is 12.3. The Morgan fingerprint density at radius 2 is 0.906 bits per heavy atom. The number of hydrogen-bond donors (Lipinski definition) is 0. The van der Waals surface area contributed by atoms with Crippen LogP contribution in [0.15, 0.2) is 182 Å². The van der Waals surface area contributed by atoms with Gasteiger partial charge in [-0.1, -0.05) is 172 Å². The van der Waals surface area contributed by atoms with Crippen LogP contribution in [0.5, 0.6) is 0 Å². The maximum absolute atomic E-state index is 5.29. The second-order valence-electron chi connectivity index (χ2n) is 14.6. The molecule has 0 atom stereocenters. The molecule has 2 heteroatoms. The maximum atomic E-state index is 5.29. The van der Waals surface area contributed by atoms with Crippen LogP contribution >= 0.6 is 0 Å². The normalized spacial score (nSPS) is 12.9.